The number of rotatable bonds is 5. The largest absolute Gasteiger partial charge is 0.497 e. The maximum Gasteiger partial charge on any atom is 0.238 e. The van der Waals surface area contributed by atoms with Gasteiger partial charge >= 0.3 is 0 Å². The molecule has 3 rings (SSSR count). The van der Waals surface area contributed by atoms with Gasteiger partial charge in [-0.05, 0) is 18.2 Å². The molecule has 0 spiro atoms. The standard InChI is InChI=1S/C18H21FN4O2/c1-25-16-4-2-3-14(11-16)21-18(24)13-22-7-9-23(10-8-22)15-5-6-20-17(19)12-15/h2-6,11-12H,7-10,13H2,1H3,(H,21,24). The molecular weight excluding hydrogens is 323 g/mol. The van der Waals surface area contributed by atoms with Crippen molar-refractivity contribution in [3.05, 3.63) is 48.5 Å². The maximum absolute atomic E-state index is 13.2. The highest BCUT2D eigenvalue weighted by molar-refractivity contribution is 5.92. The molecule has 1 amide bonds. The fraction of sp³-hybridized carbons (Fsp3) is 0.333. The number of nitrogens with zero attached hydrogens (tertiary/aromatic N) is 3. The molecule has 1 fully saturated rings. The van der Waals surface area contributed by atoms with Gasteiger partial charge in [-0.25, -0.2) is 4.98 Å². The predicted octanol–water partition coefficient (Wildman–Crippen LogP) is 1.99. The third kappa shape index (κ3) is 4.67. The van der Waals surface area contributed by atoms with E-state index in [-0.39, 0.29) is 5.91 Å². The van der Waals surface area contributed by atoms with Crippen LogP contribution < -0.4 is 15.0 Å². The molecule has 132 valence electrons. The fourth-order valence-electron chi connectivity index (χ4n) is 2.86. The molecule has 1 aliphatic heterocycles. The van der Waals surface area contributed by atoms with E-state index in [1.807, 2.05) is 18.2 Å². The lowest BCUT2D eigenvalue weighted by Gasteiger charge is -2.35. The number of carbonyl (C=O) groups excluding carboxylic acids is 1. The van der Waals surface area contributed by atoms with Crippen molar-refractivity contribution in [1.82, 2.24) is 9.88 Å². The molecule has 0 radical (unpaired) electrons. The third-order valence-corrected chi connectivity index (χ3v) is 4.17. The number of aromatic nitrogens is 1. The Hall–Kier alpha value is -2.67. The van der Waals surface area contributed by atoms with E-state index in [1.54, 1.807) is 19.2 Å². The Morgan fingerprint density at radius 1 is 1.24 bits per heavy atom. The summed E-state index contributed by atoms with van der Waals surface area (Å²) in [5.74, 6) is 0.172. The van der Waals surface area contributed by atoms with Crippen LogP contribution in [-0.2, 0) is 4.79 Å². The molecule has 7 heteroatoms. The number of methoxy groups -OCH3 is 1. The zero-order valence-electron chi connectivity index (χ0n) is 14.1. The van der Waals surface area contributed by atoms with E-state index in [2.05, 4.69) is 20.1 Å². The number of piperazine rings is 1. The third-order valence-electron chi connectivity index (χ3n) is 4.17. The summed E-state index contributed by atoms with van der Waals surface area (Å²) in [6.45, 7) is 3.31. The molecule has 0 bridgehead atoms. The zero-order valence-corrected chi connectivity index (χ0v) is 14.1. The van der Waals surface area contributed by atoms with Gasteiger partial charge in [0.15, 0.2) is 0 Å². The minimum Gasteiger partial charge on any atom is -0.497 e. The number of amides is 1. The number of hydrogen-bond acceptors (Lipinski definition) is 5. The second-order valence-electron chi connectivity index (χ2n) is 5.88. The van der Waals surface area contributed by atoms with Crippen LogP contribution in [0.2, 0.25) is 0 Å². The number of halogens is 1. The van der Waals surface area contributed by atoms with E-state index in [1.165, 1.54) is 12.3 Å². The van der Waals surface area contributed by atoms with Gasteiger partial charge in [-0.15, -0.1) is 0 Å². The molecule has 25 heavy (non-hydrogen) atoms. The Morgan fingerprint density at radius 2 is 2.04 bits per heavy atom. The molecule has 1 aromatic heterocycles. The summed E-state index contributed by atoms with van der Waals surface area (Å²) >= 11 is 0. The van der Waals surface area contributed by atoms with Crippen molar-refractivity contribution in [3.8, 4) is 5.75 Å². The van der Waals surface area contributed by atoms with Crippen molar-refractivity contribution in [2.45, 2.75) is 0 Å². The number of anilines is 2. The second-order valence-corrected chi connectivity index (χ2v) is 5.88. The average molecular weight is 344 g/mol. The molecule has 1 aromatic carbocycles. The maximum atomic E-state index is 13.2. The molecule has 0 atom stereocenters. The van der Waals surface area contributed by atoms with Crippen LogP contribution in [-0.4, -0.2) is 55.6 Å². The molecular formula is C18H21FN4O2. The van der Waals surface area contributed by atoms with Gasteiger partial charge < -0.3 is 15.0 Å². The SMILES string of the molecule is COc1cccc(NC(=O)CN2CCN(c3ccnc(F)c3)CC2)c1. The van der Waals surface area contributed by atoms with E-state index < -0.39 is 5.95 Å². The minimum absolute atomic E-state index is 0.0586. The first-order valence-corrected chi connectivity index (χ1v) is 8.17. The van der Waals surface area contributed by atoms with E-state index in [0.29, 0.717) is 12.3 Å². The van der Waals surface area contributed by atoms with Crippen LogP contribution in [0.25, 0.3) is 0 Å². The highest BCUT2D eigenvalue weighted by Gasteiger charge is 2.19. The van der Waals surface area contributed by atoms with E-state index in [4.69, 9.17) is 4.74 Å². The number of pyridine rings is 1. The van der Waals surface area contributed by atoms with Gasteiger partial charge in [0.25, 0.3) is 0 Å². The first-order chi connectivity index (χ1) is 12.1. The Bertz CT molecular complexity index is 733. The Labute approximate surface area is 146 Å². The van der Waals surface area contributed by atoms with Crippen LogP contribution in [0.1, 0.15) is 0 Å². The summed E-state index contributed by atoms with van der Waals surface area (Å²) in [4.78, 5) is 20.0. The van der Waals surface area contributed by atoms with Crippen LogP contribution in [0.4, 0.5) is 15.8 Å². The predicted molar refractivity (Wildman–Crippen MR) is 94.5 cm³/mol. The van der Waals surface area contributed by atoms with E-state index in [9.17, 15) is 9.18 Å². The molecule has 2 aromatic rings. The van der Waals surface area contributed by atoms with Gasteiger partial charge in [0.05, 0.1) is 13.7 Å². The molecule has 6 nitrogen and oxygen atoms in total. The molecule has 2 heterocycles. The van der Waals surface area contributed by atoms with Crippen molar-refractivity contribution in [2.24, 2.45) is 0 Å². The Morgan fingerprint density at radius 3 is 2.76 bits per heavy atom. The van der Waals surface area contributed by atoms with Crippen molar-refractivity contribution < 1.29 is 13.9 Å². The summed E-state index contributed by atoms with van der Waals surface area (Å²) in [6, 6.07) is 10.5. The number of carbonyl (C=O) groups is 1. The lowest BCUT2D eigenvalue weighted by atomic mass is 10.2. The number of nitrogens with one attached hydrogen (secondary N) is 1. The van der Waals surface area contributed by atoms with Gasteiger partial charge in [-0.2, -0.15) is 4.39 Å². The van der Waals surface area contributed by atoms with Crippen LogP contribution in [0.5, 0.6) is 5.75 Å². The van der Waals surface area contributed by atoms with Crippen molar-refractivity contribution in [1.29, 1.82) is 0 Å². The second kappa shape index (κ2) is 7.94. The summed E-state index contributed by atoms with van der Waals surface area (Å²) in [5, 5.41) is 2.88. The van der Waals surface area contributed by atoms with Crippen molar-refractivity contribution >= 4 is 17.3 Å². The summed E-state index contributed by atoms with van der Waals surface area (Å²) in [6.07, 6.45) is 1.47. The highest BCUT2D eigenvalue weighted by Crippen LogP contribution is 2.18. The van der Waals surface area contributed by atoms with Gasteiger partial charge in [0.2, 0.25) is 11.9 Å². The van der Waals surface area contributed by atoms with Gasteiger partial charge in [-0.3, -0.25) is 9.69 Å². The summed E-state index contributed by atoms with van der Waals surface area (Å²) in [7, 11) is 1.59. The van der Waals surface area contributed by atoms with Crippen molar-refractivity contribution in [2.75, 3.05) is 50.1 Å². The minimum atomic E-state index is -0.474. The lowest BCUT2D eigenvalue weighted by Crippen LogP contribution is -2.48. The first-order valence-electron chi connectivity index (χ1n) is 8.17. The first kappa shape index (κ1) is 17.2. The normalized spacial score (nSPS) is 15.0. The highest BCUT2D eigenvalue weighted by atomic mass is 19.1. The molecule has 1 aliphatic rings. The van der Waals surface area contributed by atoms with E-state index >= 15 is 0 Å². The Balaban J connectivity index is 1.49. The molecule has 1 N–H and O–H groups in total. The quantitative estimate of drug-likeness (QED) is 0.841. The zero-order chi connectivity index (χ0) is 17.6. The lowest BCUT2D eigenvalue weighted by molar-refractivity contribution is -0.117. The summed E-state index contributed by atoms with van der Waals surface area (Å²) in [5.41, 5.74) is 1.54. The Kier molecular flexibility index (Phi) is 5.45. The van der Waals surface area contributed by atoms with Gasteiger partial charge in [-0.1, -0.05) is 6.07 Å². The number of hydrogen-bond donors (Lipinski definition) is 1. The van der Waals surface area contributed by atoms with Crippen LogP contribution in [0, 0.1) is 5.95 Å². The fourth-order valence-corrected chi connectivity index (χ4v) is 2.86. The monoisotopic (exact) mass is 344 g/mol. The summed E-state index contributed by atoms with van der Waals surface area (Å²) < 4.78 is 18.4. The van der Waals surface area contributed by atoms with Crippen LogP contribution in [0.3, 0.4) is 0 Å². The van der Waals surface area contributed by atoms with E-state index in [0.717, 1.165) is 37.6 Å². The van der Waals surface area contributed by atoms with Gasteiger partial charge in [0, 0.05) is 55.9 Å². The smallest absolute Gasteiger partial charge is 0.238 e. The van der Waals surface area contributed by atoms with Gasteiger partial charge in [0.1, 0.15) is 5.75 Å². The molecule has 0 saturated carbocycles. The topological polar surface area (TPSA) is 57.7 Å². The number of benzene rings is 1. The van der Waals surface area contributed by atoms with Crippen molar-refractivity contribution in [3.63, 3.8) is 0 Å². The molecule has 0 aliphatic carbocycles. The molecule has 1 saturated heterocycles. The number of ether oxygens (including phenoxy) is 1. The van der Waals surface area contributed by atoms with Crippen LogP contribution >= 0.6 is 0 Å². The average Bonchev–Trinajstić information content (AvgIpc) is 2.62. The van der Waals surface area contributed by atoms with Crippen LogP contribution in [0.15, 0.2) is 42.6 Å². The molecule has 0 unspecified atom stereocenters.